The highest BCUT2D eigenvalue weighted by Gasteiger charge is 2.14. The zero-order valence-corrected chi connectivity index (χ0v) is 13.6. The van der Waals surface area contributed by atoms with Gasteiger partial charge in [0.2, 0.25) is 5.89 Å². The molecule has 0 amide bonds. The van der Waals surface area contributed by atoms with Gasteiger partial charge >= 0.3 is 0 Å². The Morgan fingerprint density at radius 3 is 2.26 bits per heavy atom. The second-order valence-corrected chi connectivity index (χ2v) is 6.43. The predicted molar refractivity (Wildman–Crippen MR) is 89.2 cm³/mol. The zero-order chi connectivity index (χ0) is 16.3. The van der Waals surface area contributed by atoms with E-state index in [0.29, 0.717) is 11.8 Å². The van der Waals surface area contributed by atoms with Crippen LogP contribution in [0.2, 0.25) is 0 Å². The van der Waals surface area contributed by atoms with Crippen molar-refractivity contribution in [3.8, 4) is 17.2 Å². The third kappa shape index (κ3) is 3.77. The molecule has 3 rings (SSSR count). The van der Waals surface area contributed by atoms with Crippen LogP contribution in [0.4, 0.5) is 0 Å². The van der Waals surface area contributed by atoms with E-state index < -0.39 is 0 Å². The van der Waals surface area contributed by atoms with Crippen molar-refractivity contribution in [3.05, 3.63) is 66.1 Å². The highest BCUT2D eigenvalue weighted by Crippen LogP contribution is 2.25. The average Bonchev–Trinajstić information content (AvgIpc) is 3.02. The van der Waals surface area contributed by atoms with Crippen molar-refractivity contribution in [2.75, 3.05) is 0 Å². The van der Waals surface area contributed by atoms with Crippen LogP contribution in [0.15, 0.2) is 59.0 Å². The number of hydrogen-bond donors (Lipinski definition) is 0. The molecule has 0 aliphatic rings. The van der Waals surface area contributed by atoms with Gasteiger partial charge in [-0.2, -0.15) is 0 Å². The van der Waals surface area contributed by atoms with Crippen molar-refractivity contribution in [2.45, 2.75) is 32.8 Å². The van der Waals surface area contributed by atoms with E-state index >= 15 is 0 Å². The molecule has 1 aromatic heterocycles. The number of benzene rings is 2. The summed E-state index contributed by atoms with van der Waals surface area (Å²) in [5, 5.41) is 8.13. The maximum atomic E-state index is 5.67. The molecule has 4 heteroatoms. The summed E-state index contributed by atoms with van der Waals surface area (Å²) >= 11 is 0. The first kappa shape index (κ1) is 15.3. The Hall–Kier alpha value is -2.62. The normalized spacial score (nSPS) is 11.4. The highest BCUT2D eigenvalue weighted by atomic mass is 16.5. The molecule has 0 spiro atoms. The molecule has 0 aliphatic heterocycles. The molecule has 0 atom stereocenters. The van der Waals surface area contributed by atoms with Crippen molar-refractivity contribution < 1.29 is 9.15 Å². The van der Waals surface area contributed by atoms with Gasteiger partial charge in [-0.15, -0.1) is 10.2 Å². The van der Waals surface area contributed by atoms with E-state index in [1.54, 1.807) is 0 Å². The quantitative estimate of drug-likeness (QED) is 0.706. The largest absolute Gasteiger partial charge is 0.484 e. The number of hydrogen-bond acceptors (Lipinski definition) is 4. The third-order valence-corrected chi connectivity index (χ3v) is 3.57. The van der Waals surface area contributed by atoms with Gasteiger partial charge in [0.1, 0.15) is 5.75 Å². The Balaban J connectivity index is 1.69. The maximum absolute atomic E-state index is 5.67. The van der Waals surface area contributed by atoms with E-state index in [9.17, 15) is 0 Å². The van der Waals surface area contributed by atoms with E-state index in [-0.39, 0.29) is 12.0 Å². The molecule has 0 radical (unpaired) electrons. The fourth-order valence-electron chi connectivity index (χ4n) is 2.20. The summed E-state index contributed by atoms with van der Waals surface area (Å²) < 4.78 is 11.3. The van der Waals surface area contributed by atoms with Gasteiger partial charge in [0.25, 0.3) is 5.89 Å². The predicted octanol–water partition coefficient (Wildman–Crippen LogP) is 4.61. The fraction of sp³-hybridized carbons (Fsp3) is 0.263. The van der Waals surface area contributed by atoms with Crippen LogP contribution in [0.5, 0.6) is 5.75 Å². The Kier molecular flexibility index (Phi) is 4.15. The third-order valence-electron chi connectivity index (χ3n) is 3.57. The van der Waals surface area contributed by atoms with Gasteiger partial charge in [-0.25, -0.2) is 0 Å². The SMILES string of the molecule is CC(C)(C)c1ccc(-c2nnc(COc3ccccc3)o2)cc1. The van der Waals surface area contributed by atoms with Crippen molar-refractivity contribution in [3.63, 3.8) is 0 Å². The van der Waals surface area contributed by atoms with Crippen LogP contribution < -0.4 is 4.74 Å². The Bertz CT molecular complexity index is 756. The van der Waals surface area contributed by atoms with Crippen molar-refractivity contribution in [1.29, 1.82) is 0 Å². The molecule has 3 aromatic rings. The summed E-state index contributed by atoms with van der Waals surface area (Å²) in [6, 6.07) is 17.8. The maximum Gasteiger partial charge on any atom is 0.254 e. The minimum atomic E-state index is 0.127. The first-order chi connectivity index (χ1) is 11.0. The second-order valence-electron chi connectivity index (χ2n) is 6.43. The molecule has 2 aromatic carbocycles. The molecule has 4 nitrogen and oxygen atoms in total. The van der Waals surface area contributed by atoms with Gasteiger partial charge in [-0.1, -0.05) is 51.1 Å². The van der Waals surface area contributed by atoms with E-state index in [4.69, 9.17) is 9.15 Å². The lowest BCUT2D eigenvalue weighted by molar-refractivity contribution is 0.264. The van der Waals surface area contributed by atoms with Crippen LogP contribution in [-0.4, -0.2) is 10.2 Å². The van der Waals surface area contributed by atoms with Crippen molar-refractivity contribution in [1.82, 2.24) is 10.2 Å². The molecule has 1 heterocycles. The number of nitrogens with zero attached hydrogens (tertiary/aromatic N) is 2. The number of aromatic nitrogens is 2. The molecule has 0 bridgehead atoms. The monoisotopic (exact) mass is 308 g/mol. The van der Waals surface area contributed by atoms with Crippen LogP contribution >= 0.6 is 0 Å². The van der Waals surface area contributed by atoms with Gasteiger partial charge in [0.05, 0.1) is 0 Å². The molecular formula is C19H20N2O2. The lowest BCUT2D eigenvalue weighted by atomic mass is 9.87. The summed E-state index contributed by atoms with van der Waals surface area (Å²) in [4.78, 5) is 0. The zero-order valence-electron chi connectivity index (χ0n) is 13.6. The first-order valence-corrected chi connectivity index (χ1v) is 7.63. The van der Waals surface area contributed by atoms with Gasteiger partial charge in [-0.05, 0) is 35.2 Å². The molecule has 0 saturated carbocycles. The van der Waals surface area contributed by atoms with E-state index in [0.717, 1.165) is 11.3 Å². The van der Waals surface area contributed by atoms with Crippen LogP contribution in [0.25, 0.3) is 11.5 Å². The lowest BCUT2D eigenvalue weighted by Crippen LogP contribution is -2.10. The average molecular weight is 308 g/mol. The van der Waals surface area contributed by atoms with Gasteiger partial charge in [-0.3, -0.25) is 0 Å². The second kappa shape index (κ2) is 6.24. The minimum Gasteiger partial charge on any atom is -0.484 e. The van der Waals surface area contributed by atoms with E-state index in [1.807, 2.05) is 42.5 Å². The molecular weight excluding hydrogens is 288 g/mol. The number of rotatable bonds is 4. The van der Waals surface area contributed by atoms with Crippen LogP contribution in [-0.2, 0) is 12.0 Å². The smallest absolute Gasteiger partial charge is 0.254 e. The molecule has 0 saturated heterocycles. The number of para-hydroxylation sites is 1. The highest BCUT2D eigenvalue weighted by molar-refractivity contribution is 5.53. The molecule has 118 valence electrons. The molecule has 0 fully saturated rings. The Morgan fingerprint density at radius 1 is 0.913 bits per heavy atom. The summed E-state index contributed by atoms with van der Waals surface area (Å²) in [7, 11) is 0. The molecule has 0 aliphatic carbocycles. The van der Waals surface area contributed by atoms with Crippen LogP contribution in [0.1, 0.15) is 32.2 Å². The Morgan fingerprint density at radius 2 is 1.61 bits per heavy atom. The summed E-state index contributed by atoms with van der Waals surface area (Å²) in [5.41, 5.74) is 2.31. The molecule has 0 unspecified atom stereocenters. The standard InChI is InChI=1S/C19H20N2O2/c1-19(2,3)15-11-9-14(10-12-15)18-21-20-17(23-18)13-22-16-7-5-4-6-8-16/h4-12H,13H2,1-3H3. The lowest BCUT2D eigenvalue weighted by Gasteiger charge is -2.18. The van der Waals surface area contributed by atoms with Crippen LogP contribution in [0, 0.1) is 0 Å². The van der Waals surface area contributed by atoms with E-state index in [1.165, 1.54) is 5.56 Å². The van der Waals surface area contributed by atoms with Gasteiger partial charge in [0.15, 0.2) is 6.61 Å². The van der Waals surface area contributed by atoms with Gasteiger partial charge < -0.3 is 9.15 Å². The summed E-state index contributed by atoms with van der Waals surface area (Å²) in [6.07, 6.45) is 0. The number of ether oxygens (including phenoxy) is 1. The fourth-order valence-corrected chi connectivity index (χ4v) is 2.20. The summed E-state index contributed by atoms with van der Waals surface area (Å²) in [5.74, 6) is 1.75. The van der Waals surface area contributed by atoms with E-state index in [2.05, 4.69) is 43.1 Å². The first-order valence-electron chi connectivity index (χ1n) is 7.63. The Labute approximate surface area is 136 Å². The van der Waals surface area contributed by atoms with Crippen LogP contribution in [0.3, 0.4) is 0 Å². The molecule has 0 N–H and O–H groups in total. The van der Waals surface area contributed by atoms with Gasteiger partial charge in [0, 0.05) is 5.56 Å². The molecule has 23 heavy (non-hydrogen) atoms. The summed E-state index contributed by atoms with van der Waals surface area (Å²) in [6.45, 7) is 6.83. The van der Waals surface area contributed by atoms with Crippen molar-refractivity contribution >= 4 is 0 Å². The van der Waals surface area contributed by atoms with Crippen molar-refractivity contribution in [2.24, 2.45) is 0 Å². The topological polar surface area (TPSA) is 48.2 Å². The minimum absolute atomic E-state index is 0.127.